The zero-order valence-electron chi connectivity index (χ0n) is 13.5. The maximum absolute atomic E-state index is 12.2. The van der Waals surface area contributed by atoms with Crippen molar-refractivity contribution in [3.63, 3.8) is 0 Å². The van der Waals surface area contributed by atoms with E-state index in [1.165, 1.54) is 0 Å². The van der Waals surface area contributed by atoms with Gasteiger partial charge in [-0.3, -0.25) is 4.79 Å². The number of amides is 2. The van der Waals surface area contributed by atoms with Crippen LogP contribution in [0, 0.1) is 6.92 Å². The molecule has 0 aliphatic carbocycles. The van der Waals surface area contributed by atoms with Gasteiger partial charge in [-0.2, -0.15) is 5.10 Å². The standard InChI is InChI=1S/C18H16BrN3O3/c1-11-2-7-15(19)13(8-11)9-17(23)20-14-5-3-12(4-6-14)16-10-25-18(24)22-21-16/h2-8H,9-10H2,1H3,(H,20,23)(H,22,24). The van der Waals surface area contributed by atoms with Gasteiger partial charge in [-0.05, 0) is 30.7 Å². The lowest BCUT2D eigenvalue weighted by atomic mass is 10.1. The zero-order chi connectivity index (χ0) is 17.8. The number of nitrogens with one attached hydrogen (secondary N) is 2. The maximum atomic E-state index is 12.2. The van der Waals surface area contributed by atoms with E-state index < -0.39 is 6.09 Å². The van der Waals surface area contributed by atoms with Crippen LogP contribution in [0.5, 0.6) is 0 Å². The van der Waals surface area contributed by atoms with Crippen molar-refractivity contribution in [3.8, 4) is 0 Å². The lowest BCUT2D eigenvalue weighted by Crippen LogP contribution is -2.30. The minimum Gasteiger partial charge on any atom is -0.442 e. The van der Waals surface area contributed by atoms with Gasteiger partial charge in [-0.25, -0.2) is 10.2 Å². The Balaban J connectivity index is 1.64. The third-order valence-corrected chi connectivity index (χ3v) is 4.45. The molecule has 0 unspecified atom stereocenters. The first-order chi connectivity index (χ1) is 12.0. The quantitative estimate of drug-likeness (QED) is 0.823. The Morgan fingerprint density at radius 1 is 1.28 bits per heavy atom. The molecule has 2 aromatic rings. The van der Waals surface area contributed by atoms with Gasteiger partial charge in [0.15, 0.2) is 0 Å². The van der Waals surface area contributed by atoms with Gasteiger partial charge in [0.05, 0.1) is 6.42 Å². The summed E-state index contributed by atoms with van der Waals surface area (Å²) in [5.74, 6) is -0.0929. The highest BCUT2D eigenvalue weighted by Crippen LogP contribution is 2.19. The number of hydrogen-bond acceptors (Lipinski definition) is 4. The Kier molecular flexibility index (Phi) is 5.14. The second kappa shape index (κ2) is 7.48. The zero-order valence-corrected chi connectivity index (χ0v) is 15.1. The van der Waals surface area contributed by atoms with Crippen LogP contribution in [0.1, 0.15) is 16.7 Å². The van der Waals surface area contributed by atoms with Gasteiger partial charge < -0.3 is 10.1 Å². The maximum Gasteiger partial charge on any atom is 0.428 e. The first kappa shape index (κ1) is 17.2. The van der Waals surface area contributed by atoms with Gasteiger partial charge in [0, 0.05) is 15.7 Å². The number of ether oxygens (including phenoxy) is 1. The van der Waals surface area contributed by atoms with Crippen molar-refractivity contribution in [3.05, 3.63) is 63.6 Å². The fourth-order valence-electron chi connectivity index (χ4n) is 2.42. The van der Waals surface area contributed by atoms with E-state index in [9.17, 15) is 9.59 Å². The van der Waals surface area contributed by atoms with Gasteiger partial charge in [-0.15, -0.1) is 0 Å². The molecule has 0 saturated carbocycles. The number of cyclic esters (lactones) is 1. The summed E-state index contributed by atoms with van der Waals surface area (Å²) in [5.41, 5.74) is 6.46. The highest BCUT2D eigenvalue weighted by atomic mass is 79.9. The molecule has 0 saturated heterocycles. The Hall–Kier alpha value is -2.67. The summed E-state index contributed by atoms with van der Waals surface area (Å²) in [5, 5.41) is 6.82. The number of nitrogens with zero attached hydrogens (tertiary/aromatic N) is 1. The Morgan fingerprint density at radius 2 is 2.04 bits per heavy atom. The van der Waals surface area contributed by atoms with Crippen molar-refractivity contribution in [2.45, 2.75) is 13.3 Å². The highest BCUT2D eigenvalue weighted by Gasteiger charge is 2.14. The second-order valence-electron chi connectivity index (χ2n) is 5.64. The van der Waals surface area contributed by atoms with Crippen LogP contribution in [-0.4, -0.2) is 24.3 Å². The normalized spacial score (nSPS) is 13.5. The summed E-state index contributed by atoms with van der Waals surface area (Å²) < 4.78 is 5.79. The lowest BCUT2D eigenvalue weighted by molar-refractivity contribution is -0.115. The molecule has 25 heavy (non-hydrogen) atoms. The molecule has 2 aromatic carbocycles. The second-order valence-corrected chi connectivity index (χ2v) is 6.50. The van der Waals surface area contributed by atoms with E-state index in [1.54, 1.807) is 12.1 Å². The Labute approximate surface area is 153 Å². The molecule has 1 aliphatic rings. The fourth-order valence-corrected chi connectivity index (χ4v) is 2.81. The number of halogens is 1. The molecule has 3 rings (SSSR count). The smallest absolute Gasteiger partial charge is 0.428 e. The summed E-state index contributed by atoms with van der Waals surface area (Å²) in [7, 11) is 0. The molecular weight excluding hydrogens is 386 g/mol. The number of aryl methyl sites for hydroxylation is 1. The van der Waals surface area contributed by atoms with Crippen molar-refractivity contribution in [2.24, 2.45) is 5.10 Å². The van der Waals surface area contributed by atoms with E-state index in [2.05, 4.69) is 31.8 Å². The number of carbonyl (C=O) groups excluding carboxylic acids is 2. The Bertz CT molecular complexity index is 847. The summed E-state index contributed by atoms with van der Waals surface area (Å²) in [6.45, 7) is 2.12. The number of benzene rings is 2. The molecule has 0 fully saturated rings. The molecule has 2 N–H and O–H groups in total. The molecule has 0 aromatic heterocycles. The summed E-state index contributed by atoms with van der Waals surface area (Å²) in [6.07, 6.45) is -0.272. The van der Waals surface area contributed by atoms with E-state index in [0.29, 0.717) is 11.4 Å². The molecule has 0 atom stereocenters. The SMILES string of the molecule is Cc1ccc(Br)c(CC(=O)Nc2ccc(C3=NNC(=O)OC3)cc2)c1. The first-order valence-electron chi connectivity index (χ1n) is 7.66. The molecule has 0 spiro atoms. The van der Waals surface area contributed by atoms with E-state index in [1.807, 2.05) is 37.3 Å². The molecule has 1 heterocycles. The first-order valence-corrected chi connectivity index (χ1v) is 8.45. The molecule has 2 amide bonds. The van der Waals surface area contributed by atoms with Gasteiger partial charge in [0.25, 0.3) is 0 Å². The monoisotopic (exact) mass is 401 g/mol. The average Bonchev–Trinajstić information content (AvgIpc) is 2.59. The average molecular weight is 402 g/mol. The van der Waals surface area contributed by atoms with Gasteiger partial charge >= 0.3 is 6.09 Å². The fraction of sp³-hybridized carbons (Fsp3) is 0.167. The van der Waals surface area contributed by atoms with E-state index in [-0.39, 0.29) is 18.9 Å². The van der Waals surface area contributed by atoms with Crippen LogP contribution in [0.15, 0.2) is 52.0 Å². The van der Waals surface area contributed by atoms with Crippen LogP contribution in [0.2, 0.25) is 0 Å². The molecule has 6 nitrogen and oxygen atoms in total. The number of hydrazone groups is 1. The van der Waals surface area contributed by atoms with Crippen molar-refractivity contribution < 1.29 is 14.3 Å². The largest absolute Gasteiger partial charge is 0.442 e. The van der Waals surface area contributed by atoms with E-state index >= 15 is 0 Å². The summed E-state index contributed by atoms with van der Waals surface area (Å²) in [4.78, 5) is 23.2. The van der Waals surface area contributed by atoms with Gasteiger partial charge in [0.1, 0.15) is 12.3 Å². The molecule has 0 radical (unpaired) electrons. The number of anilines is 1. The van der Waals surface area contributed by atoms with Gasteiger partial charge in [-0.1, -0.05) is 45.8 Å². The molecule has 1 aliphatic heterocycles. The molecular formula is C18H16BrN3O3. The predicted octanol–water partition coefficient (Wildman–Crippen LogP) is 3.38. The van der Waals surface area contributed by atoms with Crippen molar-refractivity contribution in [1.82, 2.24) is 5.43 Å². The number of rotatable bonds is 4. The van der Waals surface area contributed by atoms with Gasteiger partial charge in [0.2, 0.25) is 5.91 Å². The molecule has 128 valence electrons. The van der Waals surface area contributed by atoms with Crippen molar-refractivity contribution >= 4 is 39.3 Å². The number of hydrogen-bond donors (Lipinski definition) is 2. The summed E-state index contributed by atoms with van der Waals surface area (Å²) in [6, 6.07) is 13.1. The van der Waals surface area contributed by atoms with Crippen LogP contribution < -0.4 is 10.7 Å². The summed E-state index contributed by atoms with van der Waals surface area (Å²) >= 11 is 3.47. The number of carbonyl (C=O) groups is 2. The van der Waals surface area contributed by atoms with Crippen LogP contribution in [-0.2, 0) is 16.0 Å². The third kappa shape index (κ3) is 4.45. The van der Waals surface area contributed by atoms with E-state index in [4.69, 9.17) is 4.74 Å². The van der Waals surface area contributed by atoms with Crippen LogP contribution >= 0.6 is 15.9 Å². The lowest BCUT2D eigenvalue weighted by Gasteiger charge is -2.13. The van der Waals surface area contributed by atoms with E-state index in [0.717, 1.165) is 21.2 Å². The minimum atomic E-state index is -0.560. The van der Waals surface area contributed by atoms with Crippen LogP contribution in [0.25, 0.3) is 0 Å². The predicted molar refractivity (Wildman–Crippen MR) is 98.7 cm³/mol. The minimum absolute atomic E-state index is 0.0929. The third-order valence-electron chi connectivity index (χ3n) is 3.68. The highest BCUT2D eigenvalue weighted by molar-refractivity contribution is 9.10. The topological polar surface area (TPSA) is 79.8 Å². The Morgan fingerprint density at radius 3 is 2.72 bits per heavy atom. The van der Waals surface area contributed by atoms with Crippen molar-refractivity contribution in [1.29, 1.82) is 0 Å². The van der Waals surface area contributed by atoms with Crippen LogP contribution in [0.3, 0.4) is 0 Å². The molecule has 0 bridgehead atoms. The molecule has 7 heteroatoms. The van der Waals surface area contributed by atoms with Crippen LogP contribution in [0.4, 0.5) is 10.5 Å². The van der Waals surface area contributed by atoms with Crippen molar-refractivity contribution in [2.75, 3.05) is 11.9 Å².